The fourth-order valence-electron chi connectivity index (χ4n) is 3.07. The molecule has 1 aliphatic heterocycles. The topological polar surface area (TPSA) is 45.0 Å². The molecule has 1 aromatic rings. The number of anilines is 1. The van der Waals surface area contributed by atoms with Crippen molar-refractivity contribution >= 4 is 11.8 Å². The average Bonchev–Trinajstić information content (AvgIpc) is 2.96. The van der Waals surface area contributed by atoms with E-state index < -0.39 is 29.7 Å². The first-order valence-corrected chi connectivity index (χ1v) is 9.07. The number of nitriles is 1. The van der Waals surface area contributed by atoms with Crippen LogP contribution in [0.25, 0.3) is 15.8 Å². The maximum absolute atomic E-state index is 13.2. The SMILES string of the molecule is [C-]#[N+]C1=C(/C=C/C=C/c2ccc(N(C)C)cc2)C(C)(CC(F)(F)F)O/C1=C(\C#N)[N+]#[C-]. The summed E-state index contributed by atoms with van der Waals surface area (Å²) in [5.74, 6) is -0.415. The van der Waals surface area contributed by atoms with E-state index in [1.54, 1.807) is 18.2 Å². The van der Waals surface area contributed by atoms with Gasteiger partial charge in [-0.3, -0.25) is 0 Å². The minimum atomic E-state index is -4.58. The summed E-state index contributed by atoms with van der Waals surface area (Å²) < 4.78 is 44.9. The number of allylic oxidation sites excluding steroid dienone is 3. The van der Waals surface area contributed by atoms with Gasteiger partial charge in [-0.05, 0) is 24.6 Å². The second-order valence-corrected chi connectivity index (χ2v) is 7.10. The molecular weight excluding hydrogens is 405 g/mol. The maximum atomic E-state index is 13.2. The Morgan fingerprint density at radius 2 is 1.81 bits per heavy atom. The van der Waals surface area contributed by atoms with E-state index in [2.05, 4.69) is 9.69 Å². The van der Waals surface area contributed by atoms with Crippen molar-refractivity contribution in [1.29, 1.82) is 5.26 Å². The van der Waals surface area contributed by atoms with Gasteiger partial charge >= 0.3 is 6.18 Å². The summed E-state index contributed by atoms with van der Waals surface area (Å²) in [4.78, 5) is 8.20. The monoisotopic (exact) mass is 424 g/mol. The van der Waals surface area contributed by atoms with Crippen LogP contribution in [0.2, 0.25) is 0 Å². The Morgan fingerprint density at radius 1 is 1.19 bits per heavy atom. The van der Waals surface area contributed by atoms with Crippen LogP contribution in [0.4, 0.5) is 18.9 Å². The first-order chi connectivity index (χ1) is 14.5. The minimum absolute atomic E-state index is 0.0289. The van der Waals surface area contributed by atoms with Crippen LogP contribution in [0.3, 0.4) is 0 Å². The lowest BCUT2D eigenvalue weighted by Gasteiger charge is -2.28. The van der Waals surface area contributed by atoms with Gasteiger partial charge in [0.25, 0.3) is 5.70 Å². The molecule has 0 fully saturated rings. The fraction of sp³-hybridized carbons (Fsp3) is 0.261. The van der Waals surface area contributed by atoms with E-state index in [9.17, 15) is 13.2 Å². The summed E-state index contributed by atoms with van der Waals surface area (Å²) in [6.45, 7) is 15.6. The Balaban J connectivity index is 2.43. The molecule has 0 saturated heterocycles. The van der Waals surface area contributed by atoms with Crippen LogP contribution in [-0.4, -0.2) is 25.9 Å². The molecule has 1 aliphatic rings. The highest BCUT2D eigenvalue weighted by Gasteiger charge is 2.49. The van der Waals surface area contributed by atoms with Crippen LogP contribution in [0.1, 0.15) is 18.9 Å². The van der Waals surface area contributed by atoms with Crippen molar-refractivity contribution in [2.75, 3.05) is 19.0 Å². The maximum Gasteiger partial charge on any atom is 0.393 e. The number of alkyl halides is 3. The van der Waals surface area contributed by atoms with Gasteiger partial charge in [0.1, 0.15) is 11.4 Å². The van der Waals surface area contributed by atoms with Gasteiger partial charge in [-0.15, -0.1) is 0 Å². The van der Waals surface area contributed by atoms with Gasteiger partial charge in [0.05, 0.1) is 25.6 Å². The molecule has 0 saturated carbocycles. The number of halogens is 3. The van der Waals surface area contributed by atoms with Gasteiger partial charge < -0.3 is 9.64 Å². The molecule has 0 radical (unpaired) electrons. The second-order valence-electron chi connectivity index (χ2n) is 7.10. The van der Waals surface area contributed by atoms with Crippen molar-refractivity contribution in [2.24, 2.45) is 0 Å². The summed E-state index contributed by atoms with van der Waals surface area (Å²) in [5, 5.41) is 9.10. The number of hydrogen-bond donors (Lipinski definition) is 0. The van der Waals surface area contributed by atoms with Gasteiger partial charge in [-0.1, -0.05) is 36.4 Å². The Morgan fingerprint density at radius 3 is 2.29 bits per heavy atom. The average molecular weight is 424 g/mol. The number of rotatable bonds is 5. The summed E-state index contributed by atoms with van der Waals surface area (Å²) in [5.41, 5.74) is -0.857. The third-order valence-electron chi connectivity index (χ3n) is 4.52. The van der Waals surface area contributed by atoms with Crippen molar-refractivity contribution in [1.82, 2.24) is 0 Å². The van der Waals surface area contributed by atoms with Gasteiger partial charge in [-0.25, -0.2) is 15.0 Å². The lowest BCUT2D eigenvalue weighted by molar-refractivity contribution is -0.165. The van der Waals surface area contributed by atoms with Crippen LogP contribution in [0, 0.1) is 24.5 Å². The van der Waals surface area contributed by atoms with E-state index in [1.165, 1.54) is 19.1 Å². The smallest absolute Gasteiger partial charge is 0.393 e. The molecule has 8 heteroatoms. The number of hydrogen-bond acceptors (Lipinski definition) is 3. The fourth-order valence-corrected chi connectivity index (χ4v) is 3.07. The standard InChI is InChI=1S/C23H19F3N4O/c1-22(15-23(24,25)26)18(20(29-3)21(31-22)19(14-27)28-2)9-7-6-8-16-10-12-17(13-11-16)30(4)5/h6-13H,15H2,1,4-5H3/b8-6+,9-7+,21-19+. The third kappa shape index (κ3) is 5.56. The molecule has 1 atom stereocenters. The number of benzene rings is 1. The van der Waals surface area contributed by atoms with Crippen molar-refractivity contribution in [3.8, 4) is 6.07 Å². The summed E-state index contributed by atoms with van der Waals surface area (Å²) in [6, 6.07) is 9.23. The largest absolute Gasteiger partial charge is 0.505 e. The van der Waals surface area contributed by atoms with Crippen molar-refractivity contribution in [3.63, 3.8) is 0 Å². The molecule has 1 aromatic carbocycles. The Labute approximate surface area is 179 Å². The zero-order chi connectivity index (χ0) is 23.2. The van der Waals surface area contributed by atoms with Crippen LogP contribution in [0.15, 0.2) is 65.2 Å². The highest BCUT2D eigenvalue weighted by molar-refractivity contribution is 5.58. The predicted octanol–water partition coefficient (Wildman–Crippen LogP) is 5.89. The van der Waals surface area contributed by atoms with Gasteiger partial charge in [0.15, 0.2) is 0 Å². The zero-order valence-electron chi connectivity index (χ0n) is 17.2. The Hall–Kier alpha value is -3.96. The van der Waals surface area contributed by atoms with Gasteiger partial charge in [0, 0.05) is 25.4 Å². The van der Waals surface area contributed by atoms with E-state index in [-0.39, 0.29) is 11.3 Å². The molecule has 0 bridgehead atoms. The highest BCUT2D eigenvalue weighted by Crippen LogP contribution is 2.46. The van der Waals surface area contributed by atoms with Crippen LogP contribution < -0.4 is 4.90 Å². The van der Waals surface area contributed by atoms with E-state index >= 15 is 0 Å². The van der Waals surface area contributed by atoms with E-state index in [1.807, 2.05) is 43.3 Å². The normalized spacial score (nSPS) is 20.4. The molecule has 1 unspecified atom stereocenters. The molecule has 0 amide bonds. The van der Waals surface area contributed by atoms with Crippen molar-refractivity contribution in [2.45, 2.75) is 25.1 Å². The quantitative estimate of drug-likeness (QED) is 0.336. The molecule has 0 aliphatic carbocycles. The number of ether oxygens (including phenoxy) is 1. The minimum Gasteiger partial charge on any atom is -0.505 e. The molecule has 5 nitrogen and oxygen atoms in total. The first-order valence-electron chi connectivity index (χ1n) is 9.07. The highest BCUT2D eigenvalue weighted by atomic mass is 19.4. The van der Waals surface area contributed by atoms with E-state index in [4.69, 9.17) is 23.1 Å². The molecule has 2 rings (SSSR count). The lowest BCUT2D eigenvalue weighted by atomic mass is 9.91. The molecular formula is C23H19F3N4O. The summed E-state index contributed by atoms with van der Waals surface area (Å²) in [7, 11) is 3.85. The van der Waals surface area contributed by atoms with Gasteiger partial charge in [0.2, 0.25) is 5.70 Å². The van der Waals surface area contributed by atoms with E-state index in [0.717, 1.165) is 11.3 Å². The van der Waals surface area contributed by atoms with Gasteiger partial charge in [-0.2, -0.15) is 13.2 Å². The summed E-state index contributed by atoms with van der Waals surface area (Å²) in [6.07, 6.45) is 0.317. The van der Waals surface area contributed by atoms with E-state index in [0.29, 0.717) is 0 Å². The van der Waals surface area contributed by atoms with Crippen molar-refractivity contribution < 1.29 is 17.9 Å². The van der Waals surface area contributed by atoms with Crippen LogP contribution in [-0.2, 0) is 4.74 Å². The second kappa shape index (κ2) is 9.24. The predicted molar refractivity (Wildman–Crippen MR) is 112 cm³/mol. The van der Waals surface area contributed by atoms with Crippen molar-refractivity contribution in [3.05, 3.63) is 93.6 Å². The van der Waals surface area contributed by atoms with Crippen LogP contribution >= 0.6 is 0 Å². The molecule has 31 heavy (non-hydrogen) atoms. The molecule has 0 spiro atoms. The Bertz CT molecular complexity index is 1070. The molecule has 0 N–H and O–H groups in total. The first kappa shape index (κ1) is 23.3. The van der Waals surface area contributed by atoms with Crippen LogP contribution in [0.5, 0.6) is 0 Å². The lowest BCUT2D eigenvalue weighted by Crippen LogP contribution is -2.33. The number of nitrogens with zero attached hydrogens (tertiary/aromatic N) is 4. The molecule has 0 aromatic heterocycles. The molecule has 1 heterocycles. The zero-order valence-corrected chi connectivity index (χ0v) is 17.2. The Kier molecular flexibility index (Phi) is 6.95. The third-order valence-corrected chi connectivity index (χ3v) is 4.52. The molecule has 158 valence electrons. The summed E-state index contributed by atoms with van der Waals surface area (Å²) >= 11 is 0.